The Hall–Kier alpha value is -0.710. The fourth-order valence-electron chi connectivity index (χ4n) is 1.60. The van der Waals surface area contributed by atoms with Crippen LogP contribution in [0.1, 0.15) is 26.4 Å². The fourth-order valence-corrected chi connectivity index (χ4v) is 3.60. The molecule has 1 atom stereocenters. The van der Waals surface area contributed by atoms with Crippen molar-refractivity contribution < 1.29 is 0 Å². The summed E-state index contributed by atoms with van der Waals surface area (Å²) in [5.74, 6) is 0. The van der Waals surface area contributed by atoms with Gasteiger partial charge in [-0.15, -0.1) is 22.7 Å². The van der Waals surface area contributed by atoms with Gasteiger partial charge in [0, 0.05) is 14.6 Å². The lowest BCUT2D eigenvalue weighted by Crippen LogP contribution is -2.16. The number of nitrogens with zero attached hydrogens (tertiary/aromatic N) is 1. The standard InChI is InChI=1S/C11H14N2S2/c1-7-4-5-9(15-7)10(12-3)11-8(2)13-6-14-11/h4-6,10,12H,1-3H3. The summed E-state index contributed by atoms with van der Waals surface area (Å²) in [5, 5.41) is 3.36. The van der Waals surface area contributed by atoms with E-state index < -0.39 is 0 Å². The van der Waals surface area contributed by atoms with Crippen molar-refractivity contribution in [2.24, 2.45) is 0 Å². The van der Waals surface area contributed by atoms with Crippen molar-refractivity contribution >= 4 is 22.7 Å². The van der Waals surface area contributed by atoms with Gasteiger partial charge in [-0.25, -0.2) is 4.98 Å². The molecule has 0 radical (unpaired) electrons. The molecule has 0 aromatic carbocycles. The van der Waals surface area contributed by atoms with Crippen molar-refractivity contribution in [1.29, 1.82) is 0 Å². The van der Waals surface area contributed by atoms with E-state index in [1.807, 2.05) is 23.9 Å². The van der Waals surface area contributed by atoms with Crippen molar-refractivity contribution in [3.8, 4) is 0 Å². The number of aromatic nitrogens is 1. The second-order valence-electron chi connectivity index (χ2n) is 3.47. The summed E-state index contributed by atoms with van der Waals surface area (Å²) in [6.07, 6.45) is 0. The molecule has 0 saturated carbocycles. The Kier molecular flexibility index (Phi) is 3.19. The quantitative estimate of drug-likeness (QED) is 0.888. The molecule has 0 aliphatic carbocycles. The first-order valence-corrected chi connectivity index (χ1v) is 6.55. The highest BCUT2D eigenvalue weighted by Gasteiger charge is 2.17. The molecule has 1 unspecified atom stereocenters. The van der Waals surface area contributed by atoms with Crippen LogP contribution in [-0.2, 0) is 0 Å². The van der Waals surface area contributed by atoms with E-state index in [9.17, 15) is 0 Å². The van der Waals surface area contributed by atoms with E-state index in [1.54, 1.807) is 11.3 Å². The molecule has 4 heteroatoms. The van der Waals surface area contributed by atoms with Gasteiger partial charge in [0.25, 0.3) is 0 Å². The largest absolute Gasteiger partial charge is 0.308 e. The molecule has 2 rings (SSSR count). The Bertz CT molecular complexity index is 445. The number of hydrogen-bond donors (Lipinski definition) is 1. The Morgan fingerprint density at radius 2 is 2.13 bits per heavy atom. The molecule has 0 saturated heterocycles. The van der Waals surface area contributed by atoms with Crippen molar-refractivity contribution in [2.45, 2.75) is 19.9 Å². The zero-order valence-electron chi connectivity index (χ0n) is 9.07. The van der Waals surface area contributed by atoms with Crippen molar-refractivity contribution in [2.75, 3.05) is 7.05 Å². The molecular formula is C11H14N2S2. The zero-order chi connectivity index (χ0) is 10.8. The molecule has 0 aliphatic rings. The monoisotopic (exact) mass is 238 g/mol. The summed E-state index contributed by atoms with van der Waals surface area (Å²) >= 11 is 3.56. The maximum atomic E-state index is 4.30. The van der Waals surface area contributed by atoms with E-state index in [-0.39, 0.29) is 0 Å². The highest BCUT2D eigenvalue weighted by molar-refractivity contribution is 7.12. The summed E-state index contributed by atoms with van der Waals surface area (Å²) in [6.45, 7) is 4.21. The summed E-state index contributed by atoms with van der Waals surface area (Å²) in [4.78, 5) is 8.34. The first kappa shape index (κ1) is 10.8. The van der Waals surface area contributed by atoms with E-state index in [0.29, 0.717) is 6.04 Å². The lowest BCUT2D eigenvalue weighted by molar-refractivity contribution is 0.710. The molecule has 2 nitrogen and oxygen atoms in total. The van der Waals surface area contributed by atoms with Gasteiger partial charge < -0.3 is 5.32 Å². The van der Waals surface area contributed by atoms with Gasteiger partial charge in [0.15, 0.2) is 0 Å². The molecule has 0 bridgehead atoms. The number of rotatable bonds is 3. The molecule has 2 heterocycles. The number of thiophene rings is 1. The Balaban J connectivity index is 2.36. The zero-order valence-corrected chi connectivity index (χ0v) is 10.7. The van der Waals surface area contributed by atoms with Crippen molar-refractivity contribution in [1.82, 2.24) is 10.3 Å². The van der Waals surface area contributed by atoms with Gasteiger partial charge in [-0.05, 0) is 33.0 Å². The minimum absolute atomic E-state index is 0.302. The third-order valence-electron chi connectivity index (χ3n) is 2.38. The smallest absolute Gasteiger partial charge is 0.0798 e. The molecule has 1 N–H and O–H groups in total. The molecule has 0 spiro atoms. The van der Waals surface area contributed by atoms with E-state index in [4.69, 9.17) is 0 Å². The maximum absolute atomic E-state index is 4.30. The van der Waals surface area contributed by atoms with Gasteiger partial charge in [0.2, 0.25) is 0 Å². The SMILES string of the molecule is CNC(c1ccc(C)s1)c1scnc1C. The van der Waals surface area contributed by atoms with Gasteiger partial charge in [0.1, 0.15) is 0 Å². The highest BCUT2D eigenvalue weighted by atomic mass is 32.1. The second kappa shape index (κ2) is 4.43. The lowest BCUT2D eigenvalue weighted by atomic mass is 10.2. The van der Waals surface area contributed by atoms with Gasteiger partial charge >= 0.3 is 0 Å². The molecular weight excluding hydrogens is 224 g/mol. The van der Waals surface area contributed by atoms with Crippen LogP contribution in [0.25, 0.3) is 0 Å². The fraction of sp³-hybridized carbons (Fsp3) is 0.364. The van der Waals surface area contributed by atoms with E-state index >= 15 is 0 Å². The van der Waals surface area contributed by atoms with Crippen molar-refractivity contribution in [3.63, 3.8) is 0 Å². The predicted molar refractivity (Wildman–Crippen MR) is 66.8 cm³/mol. The third-order valence-corrected chi connectivity index (χ3v) is 4.44. The van der Waals surface area contributed by atoms with Gasteiger partial charge in [-0.1, -0.05) is 0 Å². The van der Waals surface area contributed by atoms with Crippen LogP contribution in [0.2, 0.25) is 0 Å². The van der Waals surface area contributed by atoms with Crippen LogP contribution in [0.3, 0.4) is 0 Å². The van der Waals surface area contributed by atoms with Crippen LogP contribution in [0.4, 0.5) is 0 Å². The first-order chi connectivity index (χ1) is 7.22. The van der Waals surface area contributed by atoms with Crippen molar-refractivity contribution in [3.05, 3.63) is 38.0 Å². The number of thiazole rings is 1. The average molecular weight is 238 g/mol. The van der Waals surface area contributed by atoms with Crippen LogP contribution in [0.5, 0.6) is 0 Å². The Morgan fingerprint density at radius 3 is 2.60 bits per heavy atom. The van der Waals surface area contributed by atoms with Gasteiger partial charge in [0.05, 0.1) is 17.2 Å². The molecule has 2 aromatic rings. The van der Waals surface area contributed by atoms with Crippen LogP contribution < -0.4 is 5.32 Å². The average Bonchev–Trinajstić information content (AvgIpc) is 2.79. The minimum atomic E-state index is 0.302. The van der Waals surface area contributed by atoms with Crippen LogP contribution in [0, 0.1) is 13.8 Å². The topological polar surface area (TPSA) is 24.9 Å². The molecule has 0 aliphatic heterocycles. The van der Waals surface area contributed by atoms with Crippen LogP contribution >= 0.6 is 22.7 Å². The van der Waals surface area contributed by atoms with E-state index in [2.05, 4.69) is 36.3 Å². The molecule has 80 valence electrons. The Morgan fingerprint density at radius 1 is 1.33 bits per heavy atom. The molecule has 2 aromatic heterocycles. The lowest BCUT2D eigenvalue weighted by Gasteiger charge is -2.13. The highest BCUT2D eigenvalue weighted by Crippen LogP contribution is 2.31. The van der Waals surface area contributed by atoms with Crippen LogP contribution in [-0.4, -0.2) is 12.0 Å². The number of aryl methyl sites for hydroxylation is 2. The molecule has 15 heavy (non-hydrogen) atoms. The summed E-state index contributed by atoms with van der Waals surface area (Å²) < 4.78 is 0. The van der Waals surface area contributed by atoms with Gasteiger partial charge in [-0.3, -0.25) is 0 Å². The van der Waals surface area contributed by atoms with Gasteiger partial charge in [-0.2, -0.15) is 0 Å². The molecule has 0 fully saturated rings. The third kappa shape index (κ3) is 2.12. The summed E-state index contributed by atoms with van der Waals surface area (Å²) in [6, 6.07) is 4.66. The number of nitrogens with one attached hydrogen (secondary N) is 1. The van der Waals surface area contributed by atoms with E-state index in [0.717, 1.165) is 5.69 Å². The number of hydrogen-bond acceptors (Lipinski definition) is 4. The summed E-state index contributed by atoms with van der Waals surface area (Å²) in [7, 11) is 2.00. The van der Waals surface area contributed by atoms with E-state index in [1.165, 1.54) is 14.6 Å². The normalized spacial score (nSPS) is 13.0. The Labute approximate surface area is 98.0 Å². The second-order valence-corrected chi connectivity index (χ2v) is 5.68. The maximum Gasteiger partial charge on any atom is 0.0798 e. The minimum Gasteiger partial charge on any atom is -0.308 e. The first-order valence-electron chi connectivity index (χ1n) is 4.86. The predicted octanol–water partition coefficient (Wildman–Crippen LogP) is 3.13. The molecule has 0 amide bonds. The summed E-state index contributed by atoms with van der Waals surface area (Å²) in [5.41, 5.74) is 3.04. The van der Waals surface area contributed by atoms with Crippen LogP contribution in [0.15, 0.2) is 17.6 Å².